The summed E-state index contributed by atoms with van der Waals surface area (Å²) in [7, 11) is 3.25. The molecule has 5 heteroatoms. The van der Waals surface area contributed by atoms with Crippen LogP contribution >= 0.6 is 11.6 Å². The molecule has 2 aliphatic heterocycles. The van der Waals surface area contributed by atoms with Crippen molar-refractivity contribution in [1.82, 2.24) is 10.2 Å². The van der Waals surface area contributed by atoms with Gasteiger partial charge in [0, 0.05) is 19.6 Å². The molecular formula is C15H21ClN2O2. The molecule has 4 nitrogen and oxygen atoms in total. The lowest BCUT2D eigenvalue weighted by atomic mass is 10.0. The summed E-state index contributed by atoms with van der Waals surface area (Å²) in [5.41, 5.74) is 1.11. The van der Waals surface area contributed by atoms with Gasteiger partial charge in [0.2, 0.25) is 0 Å². The first kappa shape index (κ1) is 14.0. The third-order valence-electron chi connectivity index (χ3n) is 4.42. The maximum absolute atomic E-state index is 6.45. The Bertz CT molecular complexity index is 483. The molecule has 20 heavy (non-hydrogen) atoms. The van der Waals surface area contributed by atoms with E-state index in [-0.39, 0.29) is 0 Å². The van der Waals surface area contributed by atoms with E-state index in [2.05, 4.69) is 10.2 Å². The molecule has 1 N–H and O–H groups in total. The zero-order valence-corrected chi connectivity index (χ0v) is 12.7. The molecule has 0 amide bonds. The summed E-state index contributed by atoms with van der Waals surface area (Å²) in [5, 5.41) is 4.13. The number of ether oxygens (including phenoxy) is 2. The molecule has 2 aliphatic rings. The van der Waals surface area contributed by atoms with Gasteiger partial charge in [0.25, 0.3) is 0 Å². The molecule has 2 fully saturated rings. The van der Waals surface area contributed by atoms with Gasteiger partial charge in [-0.3, -0.25) is 4.90 Å². The summed E-state index contributed by atoms with van der Waals surface area (Å²) >= 11 is 6.45. The number of fused-ring (bicyclic) bond motifs is 1. The first-order chi connectivity index (χ1) is 9.72. The summed E-state index contributed by atoms with van der Waals surface area (Å²) in [5.74, 6) is 2.92. The number of rotatable bonds is 4. The molecule has 0 aliphatic carbocycles. The molecule has 0 aromatic heterocycles. The Kier molecular flexibility index (Phi) is 4.06. The van der Waals surface area contributed by atoms with Crippen LogP contribution < -0.4 is 14.8 Å². The lowest BCUT2D eigenvalue weighted by Crippen LogP contribution is -2.25. The molecule has 2 heterocycles. The van der Waals surface area contributed by atoms with E-state index in [9.17, 15) is 0 Å². The predicted octanol–water partition coefficient (Wildman–Crippen LogP) is 2.01. The highest BCUT2D eigenvalue weighted by atomic mass is 35.5. The van der Waals surface area contributed by atoms with E-state index in [0.29, 0.717) is 16.5 Å². The van der Waals surface area contributed by atoms with Crippen molar-refractivity contribution >= 4 is 11.6 Å². The van der Waals surface area contributed by atoms with Gasteiger partial charge in [-0.15, -0.1) is 0 Å². The topological polar surface area (TPSA) is 33.7 Å². The minimum Gasteiger partial charge on any atom is -0.493 e. The fourth-order valence-corrected chi connectivity index (χ4v) is 3.67. The molecule has 0 bridgehead atoms. The number of hydrogen-bond donors (Lipinski definition) is 1. The van der Waals surface area contributed by atoms with Gasteiger partial charge in [0.1, 0.15) is 0 Å². The van der Waals surface area contributed by atoms with E-state index in [4.69, 9.17) is 21.1 Å². The number of likely N-dealkylation sites (tertiary alicyclic amines) is 1. The third-order valence-corrected chi connectivity index (χ3v) is 4.84. The van der Waals surface area contributed by atoms with Gasteiger partial charge in [-0.1, -0.05) is 17.7 Å². The molecular weight excluding hydrogens is 276 g/mol. The largest absolute Gasteiger partial charge is 0.493 e. The second-order valence-electron chi connectivity index (χ2n) is 5.65. The van der Waals surface area contributed by atoms with Crippen LogP contribution in [-0.4, -0.2) is 45.3 Å². The van der Waals surface area contributed by atoms with Crippen molar-refractivity contribution in [1.29, 1.82) is 0 Å². The molecule has 2 saturated heterocycles. The summed E-state index contributed by atoms with van der Waals surface area (Å²) < 4.78 is 10.6. The zero-order chi connectivity index (χ0) is 14.1. The second-order valence-corrected chi connectivity index (χ2v) is 6.02. The molecule has 0 saturated carbocycles. The minimum absolute atomic E-state index is 0.632. The van der Waals surface area contributed by atoms with Crippen molar-refractivity contribution in [3.8, 4) is 11.5 Å². The zero-order valence-electron chi connectivity index (χ0n) is 12.0. The summed E-state index contributed by atoms with van der Waals surface area (Å²) in [6.07, 6.45) is 0. The van der Waals surface area contributed by atoms with Crippen molar-refractivity contribution in [2.45, 2.75) is 6.54 Å². The van der Waals surface area contributed by atoms with Crippen LogP contribution in [0.15, 0.2) is 12.1 Å². The quantitative estimate of drug-likeness (QED) is 0.921. The minimum atomic E-state index is 0.632. The lowest BCUT2D eigenvalue weighted by Gasteiger charge is -2.19. The number of nitrogens with zero attached hydrogens (tertiary/aromatic N) is 1. The smallest absolute Gasteiger partial charge is 0.179 e. The highest BCUT2D eigenvalue weighted by molar-refractivity contribution is 6.33. The fourth-order valence-electron chi connectivity index (χ4n) is 3.37. The fraction of sp³-hybridized carbons (Fsp3) is 0.600. The molecule has 1 aromatic rings. The highest BCUT2D eigenvalue weighted by Gasteiger charge is 2.36. The van der Waals surface area contributed by atoms with Gasteiger partial charge in [-0.05, 0) is 36.6 Å². The number of halogens is 1. The Labute approximate surface area is 125 Å². The molecule has 0 radical (unpaired) electrons. The SMILES string of the molecule is COc1ccc(CN2C[C@H]3CNC[C@H]3C2)c(Cl)c1OC. The van der Waals surface area contributed by atoms with E-state index in [1.54, 1.807) is 14.2 Å². The van der Waals surface area contributed by atoms with Crippen molar-refractivity contribution in [2.75, 3.05) is 40.4 Å². The molecule has 0 spiro atoms. The van der Waals surface area contributed by atoms with E-state index in [0.717, 1.165) is 50.1 Å². The molecule has 110 valence electrons. The van der Waals surface area contributed by atoms with Crippen molar-refractivity contribution in [2.24, 2.45) is 11.8 Å². The lowest BCUT2D eigenvalue weighted by molar-refractivity contribution is 0.304. The normalized spacial score (nSPS) is 25.8. The Morgan fingerprint density at radius 1 is 1.20 bits per heavy atom. The van der Waals surface area contributed by atoms with Crippen LogP contribution in [0.25, 0.3) is 0 Å². The summed E-state index contributed by atoms with van der Waals surface area (Å²) in [6, 6.07) is 3.97. The summed E-state index contributed by atoms with van der Waals surface area (Å²) in [4.78, 5) is 2.49. The Morgan fingerprint density at radius 2 is 1.90 bits per heavy atom. The molecule has 2 atom stereocenters. The number of nitrogens with one attached hydrogen (secondary N) is 1. The Balaban J connectivity index is 1.75. The first-order valence-corrected chi connectivity index (χ1v) is 7.43. The van der Waals surface area contributed by atoms with Gasteiger partial charge >= 0.3 is 0 Å². The Morgan fingerprint density at radius 3 is 2.50 bits per heavy atom. The second kappa shape index (κ2) is 5.80. The Hall–Kier alpha value is -0.970. The van der Waals surface area contributed by atoms with Crippen molar-refractivity contribution < 1.29 is 9.47 Å². The standard InChI is InChI=1S/C15H21ClN2O2/c1-19-13-4-3-10(14(16)15(13)20-2)7-18-8-11-5-17-6-12(11)9-18/h3-4,11-12,17H,5-9H2,1-2H3/t11-,12+. The van der Waals surface area contributed by atoms with Crippen LogP contribution in [0.3, 0.4) is 0 Å². The van der Waals surface area contributed by atoms with Crippen LogP contribution in [-0.2, 0) is 6.54 Å². The highest BCUT2D eigenvalue weighted by Crippen LogP contribution is 2.38. The van der Waals surface area contributed by atoms with E-state index < -0.39 is 0 Å². The van der Waals surface area contributed by atoms with E-state index in [1.807, 2.05) is 12.1 Å². The molecule has 1 aromatic carbocycles. The van der Waals surface area contributed by atoms with Gasteiger partial charge in [-0.25, -0.2) is 0 Å². The van der Waals surface area contributed by atoms with Gasteiger partial charge in [-0.2, -0.15) is 0 Å². The van der Waals surface area contributed by atoms with Crippen LogP contribution in [0.1, 0.15) is 5.56 Å². The predicted molar refractivity (Wildman–Crippen MR) is 79.7 cm³/mol. The maximum atomic E-state index is 6.45. The third kappa shape index (κ3) is 2.48. The average molecular weight is 297 g/mol. The summed E-state index contributed by atoms with van der Waals surface area (Å²) in [6.45, 7) is 5.50. The van der Waals surface area contributed by atoms with E-state index in [1.165, 1.54) is 0 Å². The van der Waals surface area contributed by atoms with Gasteiger partial charge in [0.15, 0.2) is 11.5 Å². The number of methoxy groups -OCH3 is 2. The molecule has 0 unspecified atom stereocenters. The molecule has 3 rings (SSSR count). The van der Waals surface area contributed by atoms with Gasteiger partial charge in [0.05, 0.1) is 19.2 Å². The number of hydrogen-bond acceptors (Lipinski definition) is 4. The van der Waals surface area contributed by atoms with Crippen LogP contribution in [0.5, 0.6) is 11.5 Å². The van der Waals surface area contributed by atoms with Crippen LogP contribution in [0, 0.1) is 11.8 Å². The van der Waals surface area contributed by atoms with Gasteiger partial charge < -0.3 is 14.8 Å². The van der Waals surface area contributed by atoms with Crippen LogP contribution in [0.4, 0.5) is 0 Å². The monoisotopic (exact) mass is 296 g/mol. The average Bonchev–Trinajstić information content (AvgIpc) is 3.01. The van der Waals surface area contributed by atoms with Crippen LogP contribution in [0.2, 0.25) is 5.02 Å². The van der Waals surface area contributed by atoms with Crippen molar-refractivity contribution in [3.63, 3.8) is 0 Å². The number of benzene rings is 1. The van der Waals surface area contributed by atoms with Crippen molar-refractivity contribution in [3.05, 3.63) is 22.7 Å². The first-order valence-electron chi connectivity index (χ1n) is 7.05. The van der Waals surface area contributed by atoms with E-state index >= 15 is 0 Å². The maximum Gasteiger partial charge on any atom is 0.179 e.